The SMILES string of the molecule is CC(C)=[CH][Zr+]([C]1=CC=CC1)[C]1=CC=CC1.[Cl-]. The van der Waals surface area contributed by atoms with Gasteiger partial charge >= 0.3 is 101 Å². The zero-order valence-corrected chi connectivity index (χ0v) is 13.0. The van der Waals surface area contributed by atoms with Gasteiger partial charge in [-0.2, -0.15) is 0 Å². The third kappa shape index (κ3) is 3.43. The Morgan fingerprint density at radius 3 is 1.88 bits per heavy atom. The summed E-state index contributed by atoms with van der Waals surface area (Å²) in [7, 11) is 0. The quantitative estimate of drug-likeness (QED) is 0.735. The minimum Gasteiger partial charge on any atom is -1.00 e. The van der Waals surface area contributed by atoms with Crippen LogP contribution in [-0.2, 0) is 21.8 Å². The summed E-state index contributed by atoms with van der Waals surface area (Å²) in [5, 5.41) is 0. The second-order valence-electron chi connectivity index (χ2n) is 4.28. The Balaban J connectivity index is 0.00000128. The van der Waals surface area contributed by atoms with Gasteiger partial charge in [0.05, 0.1) is 0 Å². The maximum absolute atomic E-state index is 2.58. The number of allylic oxidation sites excluding steroid dienone is 9. The largest absolute Gasteiger partial charge is 1.00 e. The van der Waals surface area contributed by atoms with E-state index >= 15 is 0 Å². The van der Waals surface area contributed by atoms with Gasteiger partial charge in [-0.1, -0.05) is 0 Å². The van der Waals surface area contributed by atoms with E-state index in [4.69, 9.17) is 0 Å². The van der Waals surface area contributed by atoms with E-state index in [0.29, 0.717) is 0 Å². The number of hydrogen-bond donors (Lipinski definition) is 0. The van der Waals surface area contributed by atoms with Crippen LogP contribution in [0.2, 0.25) is 0 Å². The first-order valence-electron chi connectivity index (χ1n) is 5.51. The Morgan fingerprint density at radius 2 is 1.56 bits per heavy atom. The monoisotopic (exact) mass is 310 g/mol. The Bertz CT molecular complexity index is 363. The van der Waals surface area contributed by atoms with Crippen molar-refractivity contribution in [3.05, 3.63) is 52.4 Å². The van der Waals surface area contributed by atoms with Crippen molar-refractivity contribution in [2.45, 2.75) is 26.7 Å². The Labute approximate surface area is 113 Å². The summed E-state index contributed by atoms with van der Waals surface area (Å²) in [6, 6.07) is 0. The molecular formula is C14H17ClZr. The predicted molar refractivity (Wildman–Crippen MR) is 63.1 cm³/mol. The van der Waals surface area contributed by atoms with Gasteiger partial charge in [0.1, 0.15) is 0 Å². The molecule has 2 heteroatoms. The minimum atomic E-state index is -1.58. The Morgan fingerprint density at radius 1 is 1.06 bits per heavy atom. The molecule has 0 radical (unpaired) electrons. The van der Waals surface area contributed by atoms with Gasteiger partial charge in [0.25, 0.3) is 0 Å². The summed E-state index contributed by atoms with van der Waals surface area (Å²) in [6.07, 6.45) is 16.1. The van der Waals surface area contributed by atoms with Crippen LogP contribution in [0.25, 0.3) is 0 Å². The topological polar surface area (TPSA) is 0 Å². The van der Waals surface area contributed by atoms with Gasteiger partial charge in [-0.3, -0.25) is 0 Å². The van der Waals surface area contributed by atoms with Crippen molar-refractivity contribution in [1.82, 2.24) is 0 Å². The Hall–Kier alpha value is -0.127. The van der Waals surface area contributed by atoms with Crippen molar-refractivity contribution in [2.24, 2.45) is 0 Å². The fourth-order valence-electron chi connectivity index (χ4n) is 1.97. The molecule has 2 aliphatic rings. The second-order valence-corrected chi connectivity index (χ2v) is 10.2. The molecule has 2 aliphatic carbocycles. The molecule has 0 unspecified atom stereocenters. The molecule has 0 saturated heterocycles. The van der Waals surface area contributed by atoms with Crippen molar-refractivity contribution in [1.29, 1.82) is 0 Å². The summed E-state index contributed by atoms with van der Waals surface area (Å²) < 4.78 is 6.04. The fraction of sp³-hybridized carbons (Fsp3) is 0.286. The first kappa shape index (κ1) is 13.9. The minimum absolute atomic E-state index is 0. The third-order valence-corrected chi connectivity index (χ3v) is 10.0. The van der Waals surface area contributed by atoms with E-state index in [0.717, 1.165) is 0 Å². The summed E-state index contributed by atoms with van der Waals surface area (Å²) in [4.78, 5) is 0. The molecule has 0 aromatic heterocycles. The number of halogens is 1. The molecule has 84 valence electrons. The predicted octanol–water partition coefficient (Wildman–Crippen LogP) is 1.22. The molecule has 0 fully saturated rings. The summed E-state index contributed by atoms with van der Waals surface area (Å²) in [6.45, 7) is 4.46. The van der Waals surface area contributed by atoms with Crippen LogP contribution in [0, 0.1) is 0 Å². The third-order valence-electron chi connectivity index (χ3n) is 2.67. The van der Waals surface area contributed by atoms with E-state index in [9.17, 15) is 0 Å². The molecular weight excluding hydrogens is 295 g/mol. The molecule has 0 aromatic carbocycles. The van der Waals surface area contributed by atoms with Crippen LogP contribution in [0.4, 0.5) is 0 Å². The van der Waals surface area contributed by atoms with Gasteiger partial charge in [0, 0.05) is 0 Å². The van der Waals surface area contributed by atoms with Crippen molar-refractivity contribution in [2.75, 3.05) is 0 Å². The molecule has 0 aromatic rings. The zero-order valence-electron chi connectivity index (χ0n) is 9.83. The van der Waals surface area contributed by atoms with Gasteiger partial charge < -0.3 is 12.4 Å². The van der Waals surface area contributed by atoms with E-state index in [1.807, 2.05) is 0 Å². The van der Waals surface area contributed by atoms with Gasteiger partial charge in [-0.25, -0.2) is 0 Å². The van der Waals surface area contributed by atoms with Gasteiger partial charge in [0.15, 0.2) is 0 Å². The molecule has 0 atom stereocenters. The van der Waals surface area contributed by atoms with Crippen LogP contribution in [0.15, 0.2) is 52.4 Å². The number of rotatable bonds is 3. The van der Waals surface area contributed by atoms with E-state index in [1.54, 1.807) is 6.56 Å². The van der Waals surface area contributed by atoms with E-state index in [-0.39, 0.29) is 12.4 Å². The van der Waals surface area contributed by atoms with Crippen molar-refractivity contribution < 1.29 is 34.2 Å². The molecule has 0 spiro atoms. The fourth-order valence-corrected chi connectivity index (χ4v) is 8.33. The van der Waals surface area contributed by atoms with Crippen LogP contribution in [0.3, 0.4) is 0 Å². The van der Waals surface area contributed by atoms with Crippen LogP contribution in [0.5, 0.6) is 0 Å². The average molecular weight is 312 g/mol. The van der Waals surface area contributed by atoms with Crippen molar-refractivity contribution >= 4 is 0 Å². The smallest absolute Gasteiger partial charge is 1.00 e. The molecule has 0 nitrogen and oxygen atoms in total. The molecule has 0 amide bonds. The average Bonchev–Trinajstić information content (AvgIpc) is 2.87. The standard InChI is InChI=1S/2C5H5.C4H7.ClH.Zr/c2*1-2-4-5-3-1;1-4(2)3;;/h2*1-3H,4H2;1H,2-3H3;1H;/q;;;;+1/p-1. The molecule has 2 rings (SSSR count). The summed E-state index contributed by atoms with van der Waals surface area (Å²) in [5.74, 6) is 0. The van der Waals surface area contributed by atoms with Crippen LogP contribution >= 0.6 is 0 Å². The molecule has 0 saturated carbocycles. The van der Waals surface area contributed by atoms with Crippen LogP contribution in [-0.4, -0.2) is 0 Å². The van der Waals surface area contributed by atoms with Gasteiger partial charge in [-0.05, 0) is 0 Å². The molecule has 0 heterocycles. The first-order valence-corrected chi connectivity index (χ1v) is 9.39. The van der Waals surface area contributed by atoms with E-state index < -0.39 is 21.8 Å². The van der Waals surface area contributed by atoms with Crippen molar-refractivity contribution in [3.8, 4) is 0 Å². The van der Waals surface area contributed by atoms with E-state index in [2.05, 4.69) is 54.1 Å². The number of hydrogen-bond acceptors (Lipinski definition) is 0. The second kappa shape index (κ2) is 6.57. The summed E-state index contributed by atoms with van der Waals surface area (Å²) in [5.41, 5.74) is 1.49. The zero-order chi connectivity index (χ0) is 10.7. The van der Waals surface area contributed by atoms with Crippen molar-refractivity contribution in [3.63, 3.8) is 0 Å². The van der Waals surface area contributed by atoms with Crippen LogP contribution < -0.4 is 12.4 Å². The van der Waals surface area contributed by atoms with Gasteiger partial charge in [0.2, 0.25) is 0 Å². The molecule has 16 heavy (non-hydrogen) atoms. The first-order chi connectivity index (χ1) is 7.27. The maximum atomic E-state index is 2.58. The maximum Gasteiger partial charge on any atom is -1.00 e. The molecule has 0 N–H and O–H groups in total. The molecule has 0 aliphatic heterocycles. The normalized spacial score (nSPS) is 16.6. The van der Waals surface area contributed by atoms with Crippen LogP contribution in [0.1, 0.15) is 26.7 Å². The van der Waals surface area contributed by atoms with E-state index in [1.165, 1.54) is 18.4 Å². The Kier molecular flexibility index (Phi) is 5.72. The molecule has 0 bridgehead atoms. The summed E-state index contributed by atoms with van der Waals surface area (Å²) >= 11 is -1.58. The van der Waals surface area contributed by atoms with Gasteiger partial charge in [-0.15, -0.1) is 0 Å².